The molecule has 0 spiro atoms. The molecule has 3 fully saturated rings. The summed E-state index contributed by atoms with van der Waals surface area (Å²) in [6, 6.07) is 0.324. The number of carbonyl (C=O) groups is 2. The SMILES string of the molecule is O=C(NC1C[C@H]2CC[C@@H](C1)N2C(=O)[C@@H]1CCCO1)c1coc(=O)[nH]1. The van der Waals surface area contributed by atoms with Crippen molar-refractivity contribution in [1.82, 2.24) is 15.2 Å². The molecule has 8 nitrogen and oxygen atoms in total. The highest BCUT2D eigenvalue weighted by molar-refractivity contribution is 5.92. The first kappa shape index (κ1) is 15.4. The average Bonchev–Trinajstić information content (AvgIpc) is 3.27. The van der Waals surface area contributed by atoms with Crippen molar-refractivity contribution in [3.05, 3.63) is 22.5 Å². The molecule has 3 saturated heterocycles. The maximum atomic E-state index is 12.7. The van der Waals surface area contributed by atoms with Crippen molar-refractivity contribution in [2.24, 2.45) is 0 Å². The van der Waals surface area contributed by atoms with Crippen LogP contribution in [0.1, 0.15) is 49.0 Å². The molecule has 1 aromatic heterocycles. The molecule has 4 atom stereocenters. The number of amides is 2. The van der Waals surface area contributed by atoms with E-state index in [-0.39, 0.29) is 41.7 Å². The molecule has 1 aromatic rings. The number of ether oxygens (including phenoxy) is 1. The number of rotatable bonds is 3. The summed E-state index contributed by atoms with van der Waals surface area (Å²) in [4.78, 5) is 40.2. The first-order valence-electron chi connectivity index (χ1n) is 8.54. The van der Waals surface area contributed by atoms with E-state index in [1.165, 1.54) is 0 Å². The summed E-state index contributed by atoms with van der Waals surface area (Å²) in [5.41, 5.74) is 0.130. The summed E-state index contributed by atoms with van der Waals surface area (Å²) in [5, 5.41) is 2.94. The Balaban J connectivity index is 1.40. The molecule has 4 rings (SSSR count). The van der Waals surface area contributed by atoms with E-state index in [1.807, 2.05) is 4.90 Å². The van der Waals surface area contributed by atoms with Gasteiger partial charge in [-0.2, -0.15) is 0 Å². The lowest BCUT2D eigenvalue weighted by Gasteiger charge is -2.40. The van der Waals surface area contributed by atoms with Crippen molar-refractivity contribution in [3.8, 4) is 0 Å². The molecule has 4 heterocycles. The van der Waals surface area contributed by atoms with E-state index in [4.69, 9.17) is 4.74 Å². The molecule has 24 heavy (non-hydrogen) atoms. The third-order valence-electron chi connectivity index (χ3n) is 5.29. The molecule has 0 aromatic carbocycles. The first-order valence-corrected chi connectivity index (χ1v) is 8.54. The van der Waals surface area contributed by atoms with Gasteiger partial charge in [0.1, 0.15) is 18.1 Å². The van der Waals surface area contributed by atoms with Crippen molar-refractivity contribution in [2.75, 3.05) is 6.61 Å². The summed E-state index contributed by atoms with van der Waals surface area (Å²) >= 11 is 0. The lowest BCUT2D eigenvalue weighted by Crippen LogP contribution is -2.54. The standard InChI is InChI=1S/C16H21N3O5/c20-14(12-8-24-16(22)18-12)17-9-6-10-3-4-11(7-9)19(10)15(21)13-2-1-5-23-13/h8-11,13H,1-7H2,(H,17,20)(H,18,22)/t9?,10-,11+,13-/m0/s1. The van der Waals surface area contributed by atoms with Gasteiger partial charge >= 0.3 is 5.76 Å². The second-order valence-electron chi connectivity index (χ2n) is 6.84. The van der Waals surface area contributed by atoms with Gasteiger partial charge in [0.25, 0.3) is 11.8 Å². The molecule has 0 saturated carbocycles. The topological polar surface area (TPSA) is 105 Å². The molecule has 3 aliphatic heterocycles. The molecule has 1 unspecified atom stereocenters. The molecule has 3 aliphatic rings. The zero-order valence-electron chi connectivity index (χ0n) is 13.3. The van der Waals surface area contributed by atoms with Gasteiger partial charge in [0, 0.05) is 24.7 Å². The Hall–Kier alpha value is -2.09. The maximum absolute atomic E-state index is 12.7. The van der Waals surface area contributed by atoms with E-state index < -0.39 is 5.76 Å². The van der Waals surface area contributed by atoms with Gasteiger partial charge < -0.3 is 19.4 Å². The zero-order valence-corrected chi connectivity index (χ0v) is 13.3. The number of carbonyl (C=O) groups excluding carboxylic acids is 2. The quantitative estimate of drug-likeness (QED) is 0.832. The van der Waals surface area contributed by atoms with Crippen LogP contribution in [0.4, 0.5) is 0 Å². The molecule has 130 valence electrons. The first-order chi connectivity index (χ1) is 11.6. The van der Waals surface area contributed by atoms with Gasteiger partial charge in [-0.15, -0.1) is 0 Å². The van der Waals surface area contributed by atoms with Crippen LogP contribution in [-0.4, -0.2) is 52.5 Å². The monoisotopic (exact) mass is 335 g/mol. The Morgan fingerprint density at radius 3 is 2.54 bits per heavy atom. The number of hydrogen-bond donors (Lipinski definition) is 2. The molecular weight excluding hydrogens is 314 g/mol. The highest BCUT2D eigenvalue weighted by Crippen LogP contribution is 2.37. The molecule has 2 N–H and O–H groups in total. The predicted molar refractivity (Wildman–Crippen MR) is 82.4 cm³/mol. The van der Waals surface area contributed by atoms with Crippen LogP contribution in [0, 0.1) is 0 Å². The van der Waals surface area contributed by atoms with Crippen LogP contribution >= 0.6 is 0 Å². The highest BCUT2D eigenvalue weighted by Gasteiger charge is 2.45. The number of nitrogens with zero attached hydrogens (tertiary/aromatic N) is 1. The Labute approximate surface area is 138 Å². The van der Waals surface area contributed by atoms with Crippen molar-refractivity contribution in [2.45, 2.75) is 62.8 Å². The Bertz CT molecular complexity index is 676. The van der Waals surface area contributed by atoms with E-state index in [9.17, 15) is 14.4 Å². The molecule has 2 bridgehead atoms. The minimum absolute atomic E-state index is 0.00180. The van der Waals surface area contributed by atoms with Crippen molar-refractivity contribution in [1.29, 1.82) is 0 Å². The second kappa shape index (κ2) is 6.08. The maximum Gasteiger partial charge on any atom is 0.416 e. The molecular formula is C16H21N3O5. The van der Waals surface area contributed by atoms with Crippen LogP contribution in [-0.2, 0) is 9.53 Å². The largest absolute Gasteiger partial charge is 0.416 e. The van der Waals surface area contributed by atoms with E-state index in [1.54, 1.807) is 0 Å². The number of aromatic amines is 1. The fourth-order valence-corrected chi connectivity index (χ4v) is 4.25. The van der Waals surface area contributed by atoms with Crippen LogP contribution < -0.4 is 11.1 Å². The zero-order chi connectivity index (χ0) is 16.7. The predicted octanol–water partition coefficient (Wildman–Crippen LogP) is 0.399. The summed E-state index contributed by atoms with van der Waals surface area (Å²) < 4.78 is 10.1. The van der Waals surface area contributed by atoms with E-state index >= 15 is 0 Å². The summed E-state index contributed by atoms with van der Waals surface area (Å²) in [5.74, 6) is -0.870. The molecule has 0 radical (unpaired) electrons. The van der Waals surface area contributed by atoms with Crippen molar-refractivity contribution >= 4 is 11.8 Å². The number of fused-ring (bicyclic) bond motifs is 2. The van der Waals surface area contributed by atoms with Gasteiger partial charge in [0.05, 0.1) is 0 Å². The van der Waals surface area contributed by atoms with Crippen LogP contribution in [0.15, 0.2) is 15.5 Å². The lowest BCUT2D eigenvalue weighted by molar-refractivity contribution is -0.145. The van der Waals surface area contributed by atoms with E-state index in [0.29, 0.717) is 6.61 Å². The van der Waals surface area contributed by atoms with E-state index in [2.05, 4.69) is 14.7 Å². The number of nitrogens with one attached hydrogen (secondary N) is 2. The van der Waals surface area contributed by atoms with Gasteiger partial charge in [0.2, 0.25) is 0 Å². The van der Waals surface area contributed by atoms with Gasteiger partial charge in [-0.3, -0.25) is 14.6 Å². The fraction of sp³-hybridized carbons (Fsp3) is 0.688. The van der Waals surface area contributed by atoms with Gasteiger partial charge in [-0.1, -0.05) is 0 Å². The summed E-state index contributed by atoms with van der Waals surface area (Å²) in [7, 11) is 0. The highest BCUT2D eigenvalue weighted by atomic mass is 16.5. The van der Waals surface area contributed by atoms with Crippen molar-refractivity contribution in [3.63, 3.8) is 0 Å². The number of piperidine rings is 1. The summed E-state index contributed by atoms with van der Waals surface area (Å²) in [6.45, 7) is 0.668. The Morgan fingerprint density at radius 2 is 1.96 bits per heavy atom. The van der Waals surface area contributed by atoms with Crippen LogP contribution in [0.2, 0.25) is 0 Å². The Morgan fingerprint density at radius 1 is 1.21 bits per heavy atom. The van der Waals surface area contributed by atoms with Crippen LogP contribution in [0.3, 0.4) is 0 Å². The summed E-state index contributed by atoms with van der Waals surface area (Å²) in [6.07, 6.45) is 6.02. The number of aromatic nitrogens is 1. The normalized spacial score (nSPS) is 32.1. The minimum Gasteiger partial charge on any atom is -0.416 e. The smallest absolute Gasteiger partial charge is 0.416 e. The Kier molecular flexibility index (Phi) is 3.91. The van der Waals surface area contributed by atoms with Gasteiger partial charge in [-0.05, 0) is 38.5 Å². The third kappa shape index (κ3) is 2.75. The van der Waals surface area contributed by atoms with Crippen molar-refractivity contribution < 1.29 is 18.7 Å². The average molecular weight is 335 g/mol. The number of oxazole rings is 1. The third-order valence-corrected chi connectivity index (χ3v) is 5.29. The number of H-pyrrole nitrogens is 1. The molecule has 2 amide bonds. The second-order valence-corrected chi connectivity index (χ2v) is 6.84. The molecule has 0 aliphatic carbocycles. The van der Waals surface area contributed by atoms with Gasteiger partial charge in [0.15, 0.2) is 0 Å². The molecule has 8 heteroatoms. The minimum atomic E-state index is -0.641. The lowest BCUT2D eigenvalue weighted by atomic mass is 9.96. The fourth-order valence-electron chi connectivity index (χ4n) is 4.25. The number of hydrogen-bond acceptors (Lipinski definition) is 5. The van der Waals surface area contributed by atoms with E-state index in [0.717, 1.165) is 44.8 Å². The van der Waals surface area contributed by atoms with Crippen LogP contribution in [0.5, 0.6) is 0 Å². The van der Waals surface area contributed by atoms with Gasteiger partial charge in [-0.25, -0.2) is 4.79 Å². The van der Waals surface area contributed by atoms with Crippen LogP contribution in [0.25, 0.3) is 0 Å².